The van der Waals surface area contributed by atoms with E-state index in [-0.39, 0.29) is 0 Å². The maximum Gasteiger partial charge on any atom is 0.0362 e. The zero-order valence-corrected chi connectivity index (χ0v) is 10.6. The summed E-state index contributed by atoms with van der Waals surface area (Å²) in [6.07, 6.45) is 17.6. The Morgan fingerprint density at radius 2 is 1.25 bits per heavy atom. The molecule has 1 saturated heterocycles. The number of hydrogen-bond acceptors (Lipinski definition) is 0. The number of hydrogen-bond donors (Lipinski definition) is 0. The van der Waals surface area contributed by atoms with Gasteiger partial charge in [-0.15, -0.1) is 0 Å². The summed E-state index contributed by atoms with van der Waals surface area (Å²) in [6.45, 7) is 1.18. The molecule has 0 aromatic carbocycles. The summed E-state index contributed by atoms with van der Waals surface area (Å²) in [7, 11) is 0. The fourth-order valence-electron chi connectivity index (χ4n) is 4.65. The summed E-state index contributed by atoms with van der Waals surface area (Å²) < 4.78 is 0. The molecular weight excluding hydrogens is 194 g/mol. The molecule has 3 rings (SSSR count). The van der Waals surface area contributed by atoms with Crippen molar-refractivity contribution in [3.63, 3.8) is 0 Å². The lowest BCUT2D eigenvalue weighted by Crippen LogP contribution is -2.52. The largest absolute Gasteiger partial charge is 0.235 e. The molecule has 3 fully saturated rings. The molecule has 16 heavy (non-hydrogen) atoms. The van der Waals surface area contributed by atoms with Crippen molar-refractivity contribution >= 4 is 0 Å². The maximum atomic E-state index is 5.07. The van der Waals surface area contributed by atoms with Crippen LogP contribution in [-0.4, -0.2) is 12.1 Å². The lowest BCUT2D eigenvalue weighted by atomic mass is 9.60. The number of piperidine rings is 1. The Bertz CT molecular complexity index is 199. The van der Waals surface area contributed by atoms with Gasteiger partial charge in [-0.1, -0.05) is 38.5 Å². The predicted octanol–water partition coefficient (Wildman–Crippen LogP) is 4.04. The minimum absolute atomic E-state index is 0.452. The smallest absolute Gasteiger partial charge is 0.0362 e. The van der Waals surface area contributed by atoms with Crippen molar-refractivity contribution in [2.75, 3.05) is 6.54 Å². The van der Waals surface area contributed by atoms with Gasteiger partial charge in [0.2, 0.25) is 0 Å². The SMILES string of the molecule is C1CCC2(CC1)CC[N]C1(CCCCC1)C2. The van der Waals surface area contributed by atoms with E-state index in [4.69, 9.17) is 5.32 Å². The zero-order valence-electron chi connectivity index (χ0n) is 10.6. The van der Waals surface area contributed by atoms with E-state index in [1.165, 1.54) is 83.6 Å². The van der Waals surface area contributed by atoms with Gasteiger partial charge >= 0.3 is 0 Å². The van der Waals surface area contributed by atoms with Crippen LogP contribution in [0.25, 0.3) is 0 Å². The van der Waals surface area contributed by atoms with Crippen LogP contribution in [0.4, 0.5) is 0 Å². The molecule has 2 spiro atoms. The molecule has 1 heteroatoms. The minimum atomic E-state index is 0.452. The summed E-state index contributed by atoms with van der Waals surface area (Å²) in [5.74, 6) is 0. The molecule has 2 saturated carbocycles. The zero-order chi connectivity index (χ0) is 10.9. The molecule has 0 unspecified atom stereocenters. The molecule has 1 aliphatic heterocycles. The van der Waals surface area contributed by atoms with Crippen LogP contribution in [-0.2, 0) is 0 Å². The Balaban J connectivity index is 1.72. The third-order valence-electron chi connectivity index (χ3n) is 5.49. The van der Waals surface area contributed by atoms with Gasteiger partial charge in [0.15, 0.2) is 0 Å². The summed E-state index contributed by atoms with van der Waals surface area (Å²) in [5, 5.41) is 5.07. The Kier molecular flexibility index (Phi) is 2.99. The van der Waals surface area contributed by atoms with E-state index in [0.717, 1.165) is 5.41 Å². The molecule has 3 aliphatic rings. The van der Waals surface area contributed by atoms with Crippen LogP contribution in [0.2, 0.25) is 0 Å². The first-order valence-corrected chi connectivity index (χ1v) is 7.51. The second kappa shape index (κ2) is 4.33. The van der Waals surface area contributed by atoms with Crippen LogP contribution >= 0.6 is 0 Å². The van der Waals surface area contributed by atoms with Gasteiger partial charge in [0.1, 0.15) is 0 Å². The maximum absolute atomic E-state index is 5.07. The minimum Gasteiger partial charge on any atom is -0.235 e. The van der Waals surface area contributed by atoms with E-state index in [2.05, 4.69) is 0 Å². The summed E-state index contributed by atoms with van der Waals surface area (Å²) >= 11 is 0. The van der Waals surface area contributed by atoms with E-state index in [9.17, 15) is 0 Å². The molecule has 1 radical (unpaired) electrons. The molecule has 1 heterocycles. The van der Waals surface area contributed by atoms with Crippen LogP contribution in [0.1, 0.15) is 77.0 Å². The standard InChI is InChI=1S/C15H26N/c1-3-7-14(8-4-1)11-12-16-15(13-14)9-5-2-6-10-15/h1-13H2. The van der Waals surface area contributed by atoms with E-state index < -0.39 is 0 Å². The van der Waals surface area contributed by atoms with E-state index in [0.29, 0.717) is 5.54 Å². The topological polar surface area (TPSA) is 14.1 Å². The Morgan fingerprint density at radius 1 is 0.625 bits per heavy atom. The molecule has 91 valence electrons. The molecule has 0 atom stereocenters. The van der Waals surface area contributed by atoms with Gasteiger partial charge in [0.25, 0.3) is 0 Å². The molecule has 0 amide bonds. The van der Waals surface area contributed by atoms with Crippen LogP contribution < -0.4 is 5.32 Å². The highest BCUT2D eigenvalue weighted by Crippen LogP contribution is 2.50. The first-order valence-electron chi connectivity index (χ1n) is 7.51. The molecule has 2 aliphatic carbocycles. The molecular formula is C15H26N. The molecule has 0 aromatic rings. The molecule has 0 bridgehead atoms. The van der Waals surface area contributed by atoms with Crippen molar-refractivity contribution in [3.05, 3.63) is 0 Å². The van der Waals surface area contributed by atoms with Crippen LogP contribution in [0.5, 0.6) is 0 Å². The fraction of sp³-hybridized carbons (Fsp3) is 1.00. The highest BCUT2D eigenvalue weighted by Gasteiger charge is 2.45. The molecule has 0 aromatic heterocycles. The van der Waals surface area contributed by atoms with Crippen LogP contribution in [0.15, 0.2) is 0 Å². The second-order valence-electron chi connectivity index (χ2n) is 6.65. The van der Waals surface area contributed by atoms with Crippen molar-refractivity contribution in [1.82, 2.24) is 5.32 Å². The van der Waals surface area contributed by atoms with Gasteiger partial charge in [-0.25, -0.2) is 5.32 Å². The first kappa shape index (κ1) is 11.1. The number of nitrogens with zero attached hydrogens (tertiary/aromatic N) is 1. The van der Waals surface area contributed by atoms with Crippen molar-refractivity contribution in [3.8, 4) is 0 Å². The number of rotatable bonds is 0. The van der Waals surface area contributed by atoms with Crippen molar-refractivity contribution in [2.45, 2.75) is 82.6 Å². The van der Waals surface area contributed by atoms with Gasteiger partial charge < -0.3 is 0 Å². The predicted molar refractivity (Wildman–Crippen MR) is 67.6 cm³/mol. The van der Waals surface area contributed by atoms with Crippen LogP contribution in [0, 0.1) is 5.41 Å². The van der Waals surface area contributed by atoms with Gasteiger partial charge in [0, 0.05) is 12.1 Å². The lowest BCUT2D eigenvalue weighted by molar-refractivity contribution is 0.0376. The lowest BCUT2D eigenvalue weighted by Gasteiger charge is -2.51. The Labute approximate surface area is 100 Å². The summed E-state index contributed by atoms with van der Waals surface area (Å²) in [5.41, 5.74) is 1.19. The van der Waals surface area contributed by atoms with E-state index in [1.807, 2.05) is 0 Å². The van der Waals surface area contributed by atoms with E-state index >= 15 is 0 Å². The van der Waals surface area contributed by atoms with Gasteiger partial charge in [-0.2, -0.15) is 0 Å². The quantitative estimate of drug-likeness (QED) is 0.585. The van der Waals surface area contributed by atoms with E-state index in [1.54, 1.807) is 0 Å². The molecule has 0 N–H and O–H groups in total. The summed E-state index contributed by atoms with van der Waals surface area (Å²) in [4.78, 5) is 0. The van der Waals surface area contributed by atoms with Crippen molar-refractivity contribution in [2.24, 2.45) is 5.41 Å². The highest BCUT2D eigenvalue weighted by molar-refractivity contribution is 5.01. The third kappa shape index (κ3) is 2.03. The van der Waals surface area contributed by atoms with Gasteiger partial charge in [0.05, 0.1) is 0 Å². The average Bonchev–Trinajstić information content (AvgIpc) is 2.31. The highest BCUT2D eigenvalue weighted by atomic mass is 15.0. The fourth-order valence-corrected chi connectivity index (χ4v) is 4.65. The summed E-state index contributed by atoms with van der Waals surface area (Å²) in [6, 6.07) is 0. The Morgan fingerprint density at radius 3 is 1.94 bits per heavy atom. The Hall–Kier alpha value is -0.0400. The van der Waals surface area contributed by atoms with Gasteiger partial charge in [-0.05, 0) is 43.9 Å². The first-order chi connectivity index (χ1) is 7.83. The average molecular weight is 220 g/mol. The normalized spacial score (nSPS) is 33.0. The van der Waals surface area contributed by atoms with Crippen LogP contribution in [0.3, 0.4) is 0 Å². The third-order valence-corrected chi connectivity index (χ3v) is 5.49. The van der Waals surface area contributed by atoms with Crippen molar-refractivity contribution < 1.29 is 0 Å². The van der Waals surface area contributed by atoms with Gasteiger partial charge in [-0.3, -0.25) is 0 Å². The second-order valence-corrected chi connectivity index (χ2v) is 6.65. The van der Waals surface area contributed by atoms with Crippen molar-refractivity contribution in [1.29, 1.82) is 0 Å². The molecule has 1 nitrogen and oxygen atoms in total. The monoisotopic (exact) mass is 220 g/mol.